The molecule has 1 saturated carbocycles. The molecule has 0 bridgehead atoms. The van der Waals surface area contributed by atoms with Gasteiger partial charge in [0.2, 0.25) is 5.91 Å². The molecule has 2 unspecified atom stereocenters. The van der Waals surface area contributed by atoms with Gasteiger partial charge in [-0.2, -0.15) is 5.26 Å². The number of hydrogen-bond acceptors (Lipinski definition) is 3. The molecule has 1 aliphatic rings. The van der Waals surface area contributed by atoms with Crippen LogP contribution in [0, 0.1) is 23.2 Å². The van der Waals surface area contributed by atoms with E-state index in [1.165, 1.54) is 19.3 Å². The van der Waals surface area contributed by atoms with E-state index in [1.54, 1.807) is 0 Å². The molecule has 1 amide bonds. The SMILES string of the molecule is CC1CCC(CNCC(=O)NCCC#N)C1. The maximum Gasteiger partial charge on any atom is 0.233 e. The molecule has 2 N–H and O–H groups in total. The highest BCUT2D eigenvalue weighted by Gasteiger charge is 2.20. The number of nitrogens with one attached hydrogen (secondary N) is 2. The summed E-state index contributed by atoms with van der Waals surface area (Å²) in [6.45, 7) is 4.05. The molecular formula is C12H21N3O. The van der Waals surface area contributed by atoms with Gasteiger partial charge in [0.05, 0.1) is 19.0 Å². The van der Waals surface area contributed by atoms with Crippen LogP contribution in [-0.2, 0) is 4.79 Å². The lowest BCUT2D eigenvalue weighted by Gasteiger charge is -2.10. The summed E-state index contributed by atoms with van der Waals surface area (Å²) >= 11 is 0. The zero-order valence-corrected chi connectivity index (χ0v) is 9.96. The second-order valence-electron chi connectivity index (χ2n) is 4.67. The first-order valence-electron chi connectivity index (χ1n) is 6.06. The number of hydrogen-bond donors (Lipinski definition) is 2. The Kier molecular flexibility index (Phi) is 5.87. The molecular weight excluding hydrogens is 202 g/mol. The molecule has 0 aliphatic heterocycles. The van der Waals surface area contributed by atoms with E-state index >= 15 is 0 Å². The summed E-state index contributed by atoms with van der Waals surface area (Å²) in [5, 5.41) is 14.2. The van der Waals surface area contributed by atoms with Gasteiger partial charge in [0.15, 0.2) is 0 Å². The van der Waals surface area contributed by atoms with Crippen LogP contribution in [0.4, 0.5) is 0 Å². The van der Waals surface area contributed by atoms with Crippen LogP contribution in [0.25, 0.3) is 0 Å². The van der Waals surface area contributed by atoms with Gasteiger partial charge in [0.25, 0.3) is 0 Å². The van der Waals surface area contributed by atoms with Gasteiger partial charge in [-0.1, -0.05) is 13.3 Å². The molecule has 0 heterocycles. The third kappa shape index (κ3) is 5.13. The Balaban J connectivity index is 1.98. The topological polar surface area (TPSA) is 64.9 Å². The van der Waals surface area contributed by atoms with Crippen molar-refractivity contribution in [2.75, 3.05) is 19.6 Å². The molecule has 0 radical (unpaired) electrons. The third-order valence-electron chi connectivity index (χ3n) is 3.08. The Bertz CT molecular complexity index is 259. The first-order valence-corrected chi connectivity index (χ1v) is 6.06. The Hall–Kier alpha value is -1.08. The van der Waals surface area contributed by atoms with E-state index in [0.29, 0.717) is 19.5 Å². The third-order valence-corrected chi connectivity index (χ3v) is 3.08. The van der Waals surface area contributed by atoms with Crippen molar-refractivity contribution in [3.63, 3.8) is 0 Å². The Morgan fingerprint density at radius 1 is 1.50 bits per heavy atom. The van der Waals surface area contributed by atoms with Crippen molar-refractivity contribution >= 4 is 5.91 Å². The standard InChI is InChI=1S/C12H21N3O/c1-10-3-4-11(7-10)8-14-9-12(16)15-6-2-5-13/h10-11,14H,2-4,6-9H2,1H3,(H,15,16). The fourth-order valence-electron chi connectivity index (χ4n) is 2.22. The van der Waals surface area contributed by atoms with Crippen molar-refractivity contribution in [1.82, 2.24) is 10.6 Å². The van der Waals surface area contributed by atoms with Crippen LogP contribution in [0.3, 0.4) is 0 Å². The number of nitrogens with zero attached hydrogens (tertiary/aromatic N) is 1. The molecule has 0 aromatic rings. The van der Waals surface area contributed by atoms with Gasteiger partial charge in [-0.25, -0.2) is 0 Å². The van der Waals surface area contributed by atoms with Gasteiger partial charge in [-0.15, -0.1) is 0 Å². The van der Waals surface area contributed by atoms with Crippen molar-refractivity contribution in [3.8, 4) is 6.07 Å². The zero-order chi connectivity index (χ0) is 11.8. The van der Waals surface area contributed by atoms with Gasteiger partial charge in [-0.05, 0) is 31.2 Å². The average molecular weight is 223 g/mol. The van der Waals surface area contributed by atoms with Crippen LogP contribution in [-0.4, -0.2) is 25.5 Å². The highest BCUT2D eigenvalue weighted by Crippen LogP contribution is 2.29. The van der Waals surface area contributed by atoms with Gasteiger partial charge in [0, 0.05) is 6.54 Å². The fourth-order valence-corrected chi connectivity index (χ4v) is 2.22. The maximum atomic E-state index is 11.3. The molecule has 1 fully saturated rings. The monoisotopic (exact) mass is 223 g/mol. The lowest BCUT2D eigenvalue weighted by Crippen LogP contribution is -2.36. The predicted molar refractivity (Wildman–Crippen MR) is 62.6 cm³/mol. The van der Waals surface area contributed by atoms with Crippen molar-refractivity contribution in [2.24, 2.45) is 11.8 Å². The molecule has 90 valence electrons. The number of rotatable bonds is 6. The minimum absolute atomic E-state index is 0.0127. The zero-order valence-electron chi connectivity index (χ0n) is 9.96. The van der Waals surface area contributed by atoms with Crippen molar-refractivity contribution in [3.05, 3.63) is 0 Å². The molecule has 0 aromatic carbocycles. The first kappa shape index (κ1) is 13.0. The minimum atomic E-state index is -0.0127. The molecule has 0 aromatic heterocycles. The molecule has 2 atom stereocenters. The lowest BCUT2D eigenvalue weighted by atomic mass is 10.1. The molecule has 0 spiro atoms. The largest absolute Gasteiger partial charge is 0.354 e. The van der Waals surface area contributed by atoms with E-state index in [0.717, 1.165) is 18.4 Å². The lowest BCUT2D eigenvalue weighted by molar-refractivity contribution is -0.120. The summed E-state index contributed by atoms with van der Waals surface area (Å²) in [6, 6.07) is 1.99. The molecule has 16 heavy (non-hydrogen) atoms. The maximum absolute atomic E-state index is 11.3. The molecule has 4 heteroatoms. The van der Waals surface area contributed by atoms with Crippen LogP contribution in [0.5, 0.6) is 0 Å². The molecule has 1 rings (SSSR count). The summed E-state index contributed by atoms with van der Waals surface area (Å²) < 4.78 is 0. The Morgan fingerprint density at radius 3 is 2.94 bits per heavy atom. The van der Waals surface area contributed by atoms with E-state index in [9.17, 15) is 4.79 Å². The van der Waals surface area contributed by atoms with Gasteiger partial charge >= 0.3 is 0 Å². The van der Waals surface area contributed by atoms with E-state index < -0.39 is 0 Å². The van der Waals surface area contributed by atoms with Gasteiger partial charge in [-0.3, -0.25) is 4.79 Å². The van der Waals surface area contributed by atoms with Crippen LogP contribution in [0.15, 0.2) is 0 Å². The van der Waals surface area contributed by atoms with E-state index in [2.05, 4.69) is 17.6 Å². The number of carbonyl (C=O) groups excluding carboxylic acids is 1. The summed E-state index contributed by atoms with van der Waals surface area (Å²) in [7, 11) is 0. The highest BCUT2D eigenvalue weighted by molar-refractivity contribution is 5.77. The average Bonchev–Trinajstić information content (AvgIpc) is 2.65. The van der Waals surface area contributed by atoms with E-state index in [-0.39, 0.29) is 5.91 Å². The summed E-state index contributed by atoms with van der Waals surface area (Å²) in [5.74, 6) is 1.57. The normalized spacial score (nSPS) is 24.0. The second kappa shape index (κ2) is 7.24. The Morgan fingerprint density at radius 2 is 2.31 bits per heavy atom. The van der Waals surface area contributed by atoms with Gasteiger partial charge < -0.3 is 10.6 Å². The quantitative estimate of drug-likeness (QED) is 0.661. The van der Waals surface area contributed by atoms with Crippen LogP contribution < -0.4 is 10.6 Å². The van der Waals surface area contributed by atoms with E-state index in [4.69, 9.17) is 5.26 Å². The van der Waals surface area contributed by atoms with Crippen molar-refractivity contribution in [2.45, 2.75) is 32.6 Å². The van der Waals surface area contributed by atoms with Crippen molar-refractivity contribution < 1.29 is 4.79 Å². The second-order valence-corrected chi connectivity index (χ2v) is 4.67. The fraction of sp³-hybridized carbons (Fsp3) is 0.833. The van der Waals surface area contributed by atoms with Crippen LogP contribution in [0.1, 0.15) is 32.6 Å². The predicted octanol–water partition coefficient (Wildman–Crippen LogP) is 1.04. The summed E-state index contributed by atoms with van der Waals surface area (Å²) in [4.78, 5) is 11.3. The first-order chi connectivity index (χ1) is 7.72. The summed E-state index contributed by atoms with van der Waals surface area (Å²) in [5.41, 5.74) is 0. The number of amides is 1. The van der Waals surface area contributed by atoms with E-state index in [1.807, 2.05) is 6.07 Å². The molecule has 4 nitrogen and oxygen atoms in total. The molecule has 0 saturated heterocycles. The van der Waals surface area contributed by atoms with Crippen LogP contribution in [0.2, 0.25) is 0 Å². The smallest absolute Gasteiger partial charge is 0.233 e. The number of carbonyl (C=O) groups is 1. The highest BCUT2D eigenvalue weighted by atomic mass is 16.1. The van der Waals surface area contributed by atoms with Crippen molar-refractivity contribution in [1.29, 1.82) is 5.26 Å². The number of nitriles is 1. The molecule has 1 aliphatic carbocycles. The summed E-state index contributed by atoms with van der Waals surface area (Å²) in [6.07, 6.45) is 4.26. The minimum Gasteiger partial charge on any atom is -0.354 e. The Labute approximate surface area is 97.4 Å². The van der Waals surface area contributed by atoms with Crippen LogP contribution >= 0.6 is 0 Å². The van der Waals surface area contributed by atoms with Gasteiger partial charge in [0.1, 0.15) is 0 Å².